The lowest BCUT2D eigenvalue weighted by Crippen LogP contribution is -2.15. The van der Waals surface area contributed by atoms with E-state index in [2.05, 4.69) is 20.2 Å². The summed E-state index contributed by atoms with van der Waals surface area (Å²) in [6, 6.07) is 13.1. The fourth-order valence-corrected chi connectivity index (χ4v) is 3.81. The number of aromatic nitrogens is 1. The molecular weight excluding hydrogens is 418 g/mol. The van der Waals surface area contributed by atoms with Gasteiger partial charge in [-0.15, -0.1) is 0 Å². The van der Waals surface area contributed by atoms with Gasteiger partial charge in [0.2, 0.25) is 0 Å². The van der Waals surface area contributed by atoms with E-state index in [9.17, 15) is 18.5 Å². The van der Waals surface area contributed by atoms with Gasteiger partial charge in [0.1, 0.15) is 4.90 Å². The van der Waals surface area contributed by atoms with Crippen LogP contribution >= 0.6 is 11.6 Å². The monoisotopic (exact) mass is 431 g/mol. The van der Waals surface area contributed by atoms with Gasteiger partial charge in [-0.05, 0) is 24.3 Å². The van der Waals surface area contributed by atoms with Gasteiger partial charge in [0.25, 0.3) is 15.7 Å². The number of sulfonamides is 1. The van der Waals surface area contributed by atoms with E-state index in [1.807, 2.05) is 0 Å². The molecule has 1 heterocycles. The summed E-state index contributed by atoms with van der Waals surface area (Å²) in [4.78, 5) is 14.0. The number of nitrogens with one attached hydrogen (secondary N) is 2. The maximum atomic E-state index is 12.9. The highest BCUT2D eigenvalue weighted by Crippen LogP contribution is 2.30. The number of non-ortho nitro benzene ring substituents is 1. The Labute approximate surface area is 171 Å². The molecule has 0 atom stereocenters. The van der Waals surface area contributed by atoms with E-state index in [-0.39, 0.29) is 27.0 Å². The zero-order valence-corrected chi connectivity index (χ0v) is 16.3. The summed E-state index contributed by atoms with van der Waals surface area (Å²) in [6.45, 7) is 0. The van der Waals surface area contributed by atoms with Crippen molar-refractivity contribution < 1.29 is 13.3 Å². The van der Waals surface area contributed by atoms with E-state index >= 15 is 0 Å². The van der Waals surface area contributed by atoms with Gasteiger partial charge < -0.3 is 0 Å². The van der Waals surface area contributed by atoms with Crippen LogP contribution in [-0.2, 0) is 10.0 Å². The molecule has 2 N–H and O–H groups in total. The van der Waals surface area contributed by atoms with Crippen molar-refractivity contribution in [1.29, 1.82) is 0 Å². The van der Waals surface area contributed by atoms with Crippen LogP contribution in [-0.4, -0.2) is 24.5 Å². The van der Waals surface area contributed by atoms with Crippen LogP contribution in [0.15, 0.2) is 77.0 Å². The van der Waals surface area contributed by atoms with Crippen LogP contribution in [0.3, 0.4) is 0 Å². The molecule has 0 radical (unpaired) electrons. The Morgan fingerprint density at radius 2 is 1.90 bits per heavy atom. The van der Waals surface area contributed by atoms with Crippen molar-refractivity contribution >= 4 is 44.9 Å². The number of benzene rings is 2. The third-order valence-electron chi connectivity index (χ3n) is 3.67. The van der Waals surface area contributed by atoms with E-state index < -0.39 is 14.9 Å². The third kappa shape index (κ3) is 5.06. The normalized spacial score (nSPS) is 11.3. The maximum absolute atomic E-state index is 12.9. The Morgan fingerprint density at radius 1 is 1.10 bits per heavy atom. The zero-order chi connectivity index (χ0) is 20.9. The van der Waals surface area contributed by atoms with Crippen LogP contribution in [0.5, 0.6) is 0 Å². The zero-order valence-electron chi connectivity index (χ0n) is 14.7. The van der Waals surface area contributed by atoms with Crippen LogP contribution in [0, 0.1) is 10.1 Å². The molecule has 0 fully saturated rings. The van der Waals surface area contributed by atoms with E-state index in [4.69, 9.17) is 11.6 Å². The average Bonchev–Trinajstić information content (AvgIpc) is 2.70. The molecule has 3 aromatic rings. The van der Waals surface area contributed by atoms with Gasteiger partial charge in [-0.1, -0.05) is 29.8 Å². The Kier molecular flexibility index (Phi) is 6.05. The van der Waals surface area contributed by atoms with E-state index in [1.54, 1.807) is 36.7 Å². The summed E-state index contributed by atoms with van der Waals surface area (Å²) >= 11 is 6.01. The molecule has 0 aliphatic heterocycles. The summed E-state index contributed by atoms with van der Waals surface area (Å²) in [6.07, 6.45) is 4.61. The van der Waals surface area contributed by atoms with Gasteiger partial charge in [-0.2, -0.15) is 5.10 Å². The van der Waals surface area contributed by atoms with E-state index in [1.165, 1.54) is 30.5 Å². The first kappa shape index (κ1) is 20.2. The van der Waals surface area contributed by atoms with Gasteiger partial charge in [-0.3, -0.25) is 25.2 Å². The van der Waals surface area contributed by atoms with Crippen LogP contribution in [0.25, 0.3) is 0 Å². The molecule has 9 nitrogen and oxygen atoms in total. The van der Waals surface area contributed by atoms with Crippen molar-refractivity contribution in [1.82, 2.24) is 4.98 Å². The first-order chi connectivity index (χ1) is 13.9. The predicted octanol–water partition coefficient (Wildman–Crippen LogP) is 3.89. The molecule has 29 heavy (non-hydrogen) atoms. The van der Waals surface area contributed by atoms with Crippen molar-refractivity contribution in [2.24, 2.45) is 5.10 Å². The first-order valence-corrected chi connectivity index (χ1v) is 9.98. The smallest absolute Gasteiger partial charge is 0.270 e. The van der Waals surface area contributed by atoms with E-state index in [0.717, 1.165) is 6.07 Å². The number of nitro groups is 1. The maximum Gasteiger partial charge on any atom is 0.270 e. The van der Waals surface area contributed by atoms with Gasteiger partial charge in [0.05, 0.1) is 27.5 Å². The summed E-state index contributed by atoms with van der Waals surface area (Å²) in [7, 11) is -4.21. The van der Waals surface area contributed by atoms with Gasteiger partial charge in [-0.25, -0.2) is 8.42 Å². The number of rotatable bonds is 7. The third-order valence-corrected chi connectivity index (χ3v) is 5.40. The molecule has 0 saturated heterocycles. The second kappa shape index (κ2) is 8.67. The van der Waals surface area contributed by atoms with E-state index in [0.29, 0.717) is 5.56 Å². The number of para-hydroxylation sites is 1. The quantitative estimate of drug-likeness (QED) is 0.332. The van der Waals surface area contributed by atoms with Gasteiger partial charge >= 0.3 is 0 Å². The highest BCUT2D eigenvalue weighted by atomic mass is 35.5. The molecule has 0 amide bonds. The van der Waals surface area contributed by atoms with Gasteiger partial charge in [0, 0.05) is 30.1 Å². The lowest BCUT2D eigenvalue weighted by Gasteiger charge is -2.12. The minimum absolute atomic E-state index is 0.0512. The number of hydrogen-bond donors (Lipinski definition) is 2. The lowest BCUT2D eigenvalue weighted by atomic mass is 10.3. The summed E-state index contributed by atoms with van der Waals surface area (Å²) in [5.74, 6) is 0. The number of hydrazone groups is 1. The van der Waals surface area contributed by atoms with Crippen molar-refractivity contribution in [2.45, 2.75) is 4.90 Å². The Hall–Kier alpha value is -3.50. The lowest BCUT2D eigenvalue weighted by molar-refractivity contribution is -0.385. The Bertz CT molecular complexity index is 1170. The molecule has 0 saturated carbocycles. The number of hydrogen-bond acceptors (Lipinski definition) is 7. The molecule has 0 bridgehead atoms. The van der Waals surface area contributed by atoms with Crippen LogP contribution in [0.4, 0.5) is 17.1 Å². The van der Waals surface area contributed by atoms with Crippen LogP contribution in [0.1, 0.15) is 5.56 Å². The summed E-state index contributed by atoms with van der Waals surface area (Å²) < 4.78 is 28.1. The topological polar surface area (TPSA) is 127 Å². The first-order valence-electron chi connectivity index (χ1n) is 8.12. The predicted molar refractivity (Wildman–Crippen MR) is 111 cm³/mol. The number of anilines is 2. The summed E-state index contributed by atoms with van der Waals surface area (Å²) in [5, 5.41) is 15.3. The molecule has 0 aliphatic rings. The molecule has 0 spiro atoms. The number of halogens is 1. The second-order valence-electron chi connectivity index (χ2n) is 5.68. The van der Waals surface area contributed by atoms with Crippen molar-refractivity contribution in [3.63, 3.8) is 0 Å². The fourth-order valence-electron chi connectivity index (χ4n) is 2.31. The second-order valence-corrected chi connectivity index (χ2v) is 7.74. The molecule has 3 rings (SSSR count). The number of pyridine rings is 1. The fraction of sp³-hybridized carbons (Fsp3) is 0. The highest BCUT2D eigenvalue weighted by molar-refractivity contribution is 7.93. The molecule has 0 unspecified atom stereocenters. The standard InChI is InChI=1S/C18H14ClN5O4S/c19-15-5-1-2-6-16(15)23-29(27,28)18-10-14(24(25)26)7-8-17(18)22-21-12-13-4-3-9-20-11-13/h1-12,22-23H/b21-12+. The average molecular weight is 432 g/mol. The number of nitrogens with zero attached hydrogens (tertiary/aromatic N) is 3. The molecule has 0 aliphatic carbocycles. The van der Waals surface area contributed by atoms with Gasteiger partial charge in [0.15, 0.2) is 0 Å². The Morgan fingerprint density at radius 3 is 2.59 bits per heavy atom. The molecule has 2 aromatic carbocycles. The summed E-state index contributed by atoms with van der Waals surface area (Å²) in [5.41, 5.74) is 3.09. The molecule has 11 heteroatoms. The molecule has 1 aromatic heterocycles. The van der Waals surface area contributed by atoms with Crippen molar-refractivity contribution in [3.8, 4) is 0 Å². The van der Waals surface area contributed by atoms with Crippen LogP contribution in [0.2, 0.25) is 5.02 Å². The Balaban J connectivity index is 1.96. The van der Waals surface area contributed by atoms with Crippen LogP contribution < -0.4 is 10.1 Å². The molecular formula is C18H14ClN5O4S. The van der Waals surface area contributed by atoms with Crippen molar-refractivity contribution in [2.75, 3.05) is 10.1 Å². The minimum atomic E-state index is -4.21. The highest BCUT2D eigenvalue weighted by Gasteiger charge is 2.23. The largest absolute Gasteiger partial charge is 0.278 e. The number of nitro benzene ring substituents is 1. The minimum Gasteiger partial charge on any atom is -0.278 e. The van der Waals surface area contributed by atoms with Crippen molar-refractivity contribution in [3.05, 3.63) is 87.7 Å². The SMILES string of the molecule is O=[N+]([O-])c1ccc(N/N=C/c2cccnc2)c(S(=O)(=O)Nc2ccccc2Cl)c1. The molecule has 148 valence electrons.